The van der Waals surface area contributed by atoms with Gasteiger partial charge in [0.05, 0.1) is 22.7 Å². The minimum absolute atomic E-state index is 0.192. The van der Waals surface area contributed by atoms with E-state index < -0.39 is 30.2 Å². The largest absolute Gasteiger partial charge is 0.456 e. The summed E-state index contributed by atoms with van der Waals surface area (Å²) in [6.45, 7) is 3.73. The summed E-state index contributed by atoms with van der Waals surface area (Å²) in [6, 6.07) is 4.22. The normalized spacial score (nSPS) is 13.1. The van der Waals surface area contributed by atoms with Gasteiger partial charge in [0, 0.05) is 12.6 Å². The van der Waals surface area contributed by atoms with E-state index in [2.05, 4.69) is 15.0 Å². The Morgan fingerprint density at radius 2 is 1.72 bits per heavy atom. The molecule has 3 N–H and O–H groups in total. The number of rotatable bonds is 5. The molecule has 6 nitrogen and oxygen atoms in total. The number of nitrogens with zero attached hydrogens (tertiary/aromatic N) is 1. The molecule has 9 heteroatoms. The van der Waals surface area contributed by atoms with E-state index in [-0.39, 0.29) is 22.8 Å². The fraction of sp³-hybridized carbons (Fsp3) is 0.312. The van der Waals surface area contributed by atoms with E-state index in [0.29, 0.717) is 0 Å². The minimum atomic E-state index is -4.43. The van der Waals surface area contributed by atoms with Crippen LogP contribution in [-0.4, -0.2) is 24.2 Å². The Kier molecular flexibility index (Phi) is 6.72. The van der Waals surface area contributed by atoms with Gasteiger partial charge >= 0.3 is 12.1 Å². The number of ether oxygens (including phenoxy) is 1. The summed E-state index contributed by atoms with van der Waals surface area (Å²) in [4.78, 5) is 26.6. The Morgan fingerprint density at radius 3 is 2.16 bits per heavy atom. The van der Waals surface area contributed by atoms with Gasteiger partial charge in [-0.3, -0.25) is 14.6 Å². The maximum atomic E-state index is 12.5. The zero-order valence-corrected chi connectivity index (χ0v) is 13.9. The molecule has 0 aliphatic heterocycles. The molecule has 0 heterocycles. The average Bonchev–Trinajstić information content (AvgIpc) is 2.49. The van der Waals surface area contributed by atoms with Crippen LogP contribution in [0, 0.1) is 0 Å². The molecular formula is C16H18F3N3O3. The van der Waals surface area contributed by atoms with Gasteiger partial charge < -0.3 is 15.8 Å². The first-order valence-corrected chi connectivity index (χ1v) is 7.13. The highest BCUT2D eigenvalue weighted by atomic mass is 19.4. The average molecular weight is 357 g/mol. The lowest BCUT2D eigenvalue weighted by Crippen LogP contribution is -2.32. The summed E-state index contributed by atoms with van der Waals surface area (Å²) in [5.74, 6) is -1.22. The molecule has 0 radical (unpaired) electrons. The van der Waals surface area contributed by atoms with Crippen molar-refractivity contribution in [3.8, 4) is 0 Å². The summed E-state index contributed by atoms with van der Waals surface area (Å²) in [5, 5.41) is 2.46. The maximum absolute atomic E-state index is 12.5. The molecular weight excluding hydrogens is 339 g/mol. The number of allylic oxidation sites excluding steroid dienone is 2. The molecule has 0 aromatic heterocycles. The molecule has 0 bridgehead atoms. The number of esters is 1. The van der Waals surface area contributed by atoms with Crippen molar-refractivity contribution in [3.63, 3.8) is 0 Å². The van der Waals surface area contributed by atoms with Crippen molar-refractivity contribution in [3.05, 3.63) is 41.2 Å². The number of nitrogens with one attached hydrogen (secondary N) is 1. The van der Waals surface area contributed by atoms with Gasteiger partial charge in [0.15, 0.2) is 6.61 Å². The zero-order valence-electron chi connectivity index (χ0n) is 13.9. The Balaban J connectivity index is 2.94. The molecule has 0 fully saturated rings. The standard InChI is InChI=1S/C16H18F3N3O3/c1-9(20)15(22-14(24)8-25-11(3)23)10(2)21-13-6-4-12(5-7-13)16(17,18)19/h4-7H,8,20H2,1-3H3,(H,22,24). The second-order valence-corrected chi connectivity index (χ2v) is 5.13. The van der Waals surface area contributed by atoms with Gasteiger partial charge in [-0.05, 0) is 38.1 Å². The molecule has 0 saturated heterocycles. The van der Waals surface area contributed by atoms with Crippen molar-refractivity contribution in [1.29, 1.82) is 0 Å². The molecule has 1 rings (SSSR count). The minimum Gasteiger partial charge on any atom is -0.456 e. The molecule has 0 aliphatic rings. The highest BCUT2D eigenvalue weighted by Crippen LogP contribution is 2.30. The molecule has 0 aliphatic carbocycles. The SMILES string of the molecule is CC(=O)OCC(=O)NC(C(C)=Nc1ccc(C(F)(F)F)cc1)=C(C)N. The van der Waals surface area contributed by atoms with E-state index in [1.807, 2.05) is 0 Å². The Hall–Kier alpha value is -2.84. The summed E-state index contributed by atoms with van der Waals surface area (Å²) in [5.41, 5.74) is 5.90. The number of amides is 1. The second-order valence-electron chi connectivity index (χ2n) is 5.13. The number of hydrogen-bond acceptors (Lipinski definition) is 5. The van der Waals surface area contributed by atoms with Gasteiger partial charge in [-0.2, -0.15) is 13.2 Å². The zero-order chi connectivity index (χ0) is 19.2. The fourth-order valence-corrected chi connectivity index (χ4v) is 1.79. The van der Waals surface area contributed by atoms with Crippen LogP contribution in [0.15, 0.2) is 40.7 Å². The predicted molar refractivity (Wildman–Crippen MR) is 85.9 cm³/mol. The van der Waals surface area contributed by atoms with Crippen LogP contribution in [0.1, 0.15) is 26.3 Å². The monoisotopic (exact) mass is 357 g/mol. The highest BCUT2D eigenvalue weighted by molar-refractivity contribution is 6.03. The second kappa shape index (κ2) is 8.32. The molecule has 1 amide bonds. The molecule has 0 spiro atoms. The third kappa shape index (κ3) is 6.66. The van der Waals surface area contributed by atoms with Crippen LogP contribution in [-0.2, 0) is 20.5 Å². The molecule has 136 valence electrons. The predicted octanol–water partition coefficient (Wildman–Crippen LogP) is 2.67. The lowest BCUT2D eigenvalue weighted by atomic mass is 10.2. The van der Waals surface area contributed by atoms with E-state index in [1.165, 1.54) is 26.0 Å². The van der Waals surface area contributed by atoms with Crippen molar-refractivity contribution in [1.82, 2.24) is 5.32 Å². The van der Waals surface area contributed by atoms with Crippen molar-refractivity contribution in [2.75, 3.05) is 6.61 Å². The third-order valence-electron chi connectivity index (χ3n) is 2.92. The smallest absolute Gasteiger partial charge is 0.416 e. The van der Waals surface area contributed by atoms with Crippen LogP contribution in [0.4, 0.5) is 18.9 Å². The van der Waals surface area contributed by atoms with Crippen molar-refractivity contribution in [2.45, 2.75) is 26.9 Å². The van der Waals surface area contributed by atoms with Gasteiger partial charge in [-0.15, -0.1) is 0 Å². The molecule has 0 saturated carbocycles. The van der Waals surface area contributed by atoms with E-state index in [0.717, 1.165) is 19.1 Å². The number of carbonyl (C=O) groups excluding carboxylic acids is 2. The van der Waals surface area contributed by atoms with E-state index in [4.69, 9.17) is 5.73 Å². The van der Waals surface area contributed by atoms with Crippen molar-refractivity contribution >= 4 is 23.3 Å². The van der Waals surface area contributed by atoms with Crippen LogP contribution in [0.3, 0.4) is 0 Å². The van der Waals surface area contributed by atoms with E-state index >= 15 is 0 Å². The quantitative estimate of drug-likeness (QED) is 0.626. The Labute approximate surface area is 142 Å². The summed E-state index contributed by atoms with van der Waals surface area (Å²) < 4.78 is 42.2. The number of aliphatic imine (C=N–C) groups is 1. The summed E-state index contributed by atoms with van der Waals surface area (Å²) >= 11 is 0. The van der Waals surface area contributed by atoms with Crippen LogP contribution >= 0.6 is 0 Å². The van der Waals surface area contributed by atoms with Gasteiger partial charge in [0.25, 0.3) is 5.91 Å². The first-order valence-electron chi connectivity index (χ1n) is 7.13. The van der Waals surface area contributed by atoms with Gasteiger partial charge in [0.2, 0.25) is 0 Å². The van der Waals surface area contributed by atoms with E-state index in [1.54, 1.807) is 0 Å². The molecule has 0 unspecified atom stereocenters. The lowest BCUT2D eigenvalue weighted by molar-refractivity contribution is -0.146. The number of carbonyl (C=O) groups is 2. The molecule has 1 aromatic carbocycles. The number of nitrogens with two attached hydrogens (primary N) is 1. The van der Waals surface area contributed by atoms with Gasteiger partial charge in [0.1, 0.15) is 0 Å². The van der Waals surface area contributed by atoms with Crippen LogP contribution in [0.25, 0.3) is 0 Å². The maximum Gasteiger partial charge on any atom is 0.416 e. The van der Waals surface area contributed by atoms with Crippen LogP contribution in [0.2, 0.25) is 0 Å². The van der Waals surface area contributed by atoms with Gasteiger partial charge in [-0.1, -0.05) is 0 Å². The lowest BCUT2D eigenvalue weighted by Gasteiger charge is -2.12. The highest BCUT2D eigenvalue weighted by Gasteiger charge is 2.29. The number of halogens is 3. The fourth-order valence-electron chi connectivity index (χ4n) is 1.79. The van der Waals surface area contributed by atoms with Crippen molar-refractivity contribution in [2.24, 2.45) is 10.7 Å². The number of alkyl halides is 3. The van der Waals surface area contributed by atoms with Crippen LogP contribution < -0.4 is 11.1 Å². The molecule has 0 atom stereocenters. The number of benzene rings is 1. The van der Waals surface area contributed by atoms with Gasteiger partial charge in [-0.25, -0.2) is 0 Å². The first-order chi connectivity index (χ1) is 11.5. The Bertz CT molecular complexity index is 704. The molecule has 25 heavy (non-hydrogen) atoms. The third-order valence-corrected chi connectivity index (χ3v) is 2.92. The summed E-state index contributed by atoms with van der Waals surface area (Å²) in [6.07, 6.45) is -4.43. The van der Waals surface area contributed by atoms with Crippen molar-refractivity contribution < 1.29 is 27.5 Å². The topological polar surface area (TPSA) is 93.8 Å². The molecule has 1 aromatic rings. The van der Waals surface area contributed by atoms with Crippen LogP contribution in [0.5, 0.6) is 0 Å². The first kappa shape index (κ1) is 20.2. The summed E-state index contributed by atoms with van der Waals surface area (Å²) in [7, 11) is 0. The Morgan fingerprint density at radius 1 is 1.16 bits per heavy atom. The number of hydrogen-bond donors (Lipinski definition) is 2. The van der Waals surface area contributed by atoms with E-state index in [9.17, 15) is 22.8 Å².